The number of amides is 2. The summed E-state index contributed by atoms with van der Waals surface area (Å²) in [5, 5.41) is 4.76. The molecule has 1 heterocycles. The molecule has 0 bridgehead atoms. The third-order valence-corrected chi connectivity index (χ3v) is 3.44. The average Bonchev–Trinajstić information content (AvgIpc) is 2.94. The zero-order valence-electron chi connectivity index (χ0n) is 10.7. The standard InChI is InChI=1S/C13H12ClN3O2S/c1-17(13(19)11-7-20-8-15-11)6-12(18)16-10-5-3-2-4-9(10)14/h2-5,7-8H,6H2,1H3,(H,16,18). The Hall–Kier alpha value is -1.92. The van der Waals surface area contributed by atoms with Crippen molar-refractivity contribution in [1.82, 2.24) is 9.88 Å². The van der Waals surface area contributed by atoms with Crippen molar-refractivity contribution in [3.8, 4) is 0 Å². The van der Waals surface area contributed by atoms with Gasteiger partial charge in [-0.3, -0.25) is 9.59 Å². The van der Waals surface area contributed by atoms with Gasteiger partial charge >= 0.3 is 0 Å². The molecule has 0 saturated heterocycles. The van der Waals surface area contributed by atoms with Gasteiger partial charge in [0.1, 0.15) is 5.69 Å². The maximum absolute atomic E-state index is 11.9. The van der Waals surface area contributed by atoms with Crippen LogP contribution in [0, 0.1) is 0 Å². The number of thiazole rings is 1. The van der Waals surface area contributed by atoms with Crippen molar-refractivity contribution in [3.63, 3.8) is 0 Å². The Morgan fingerprint density at radius 1 is 1.40 bits per heavy atom. The van der Waals surface area contributed by atoms with Crippen LogP contribution in [0.1, 0.15) is 10.5 Å². The van der Waals surface area contributed by atoms with E-state index in [0.29, 0.717) is 16.4 Å². The van der Waals surface area contributed by atoms with Gasteiger partial charge in [-0.25, -0.2) is 4.98 Å². The van der Waals surface area contributed by atoms with Crippen LogP contribution in [0.4, 0.5) is 5.69 Å². The Morgan fingerprint density at radius 3 is 2.80 bits per heavy atom. The molecule has 0 saturated carbocycles. The van der Waals surface area contributed by atoms with E-state index >= 15 is 0 Å². The van der Waals surface area contributed by atoms with Crippen LogP contribution in [-0.4, -0.2) is 35.3 Å². The molecular formula is C13H12ClN3O2S. The van der Waals surface area contributed by atoms with Gasteiger partial charge in [-0.1, -0.05) is 23.7 Å². The number of aromatic nitrogens is 1. The number of carbonyl (C=O) groups excluding carboxylic acids is 2. The van der Waals surface area contributed by atoms with E-state index in [1.54, 1.807) is 42.2 Å². The van der Waals surface area contributed by atoms with E-state index in [1.807, 2.05) is 0 Å². The SMILES string of the molecule is CN(CC(=O)Nc1ccccc1Cl)C(=O)c1cscn1. The van der Waals surface area contributed by atoms with Crippen LogP contribution in [0.25, 0.3) is 0 Å². The van der Waals surface area contributed by atoms with E-state index in [4.69, 9.17) is 11.6 Å². The number of benzene rings is 1. The number of para-hydroxylation sites is 1. The van der Waals surface area contributed by atoms with Gasteiger partial charge < -0.3 is 10.2 Å². The van der Waals surface area contributed by atoms with E-state index in [1.165, 1.54) is 16.2 Å². The highest BCUT2D eigenvalue weighted by atomic mass is 35.5. The largest absolute Gasteiger partial charge is 0.331 e. The van der Waals surface area contributed by atoms with E-state index in [0.717, 1.165) is 0 Å². The van der Waals surface area contributed by atoms with Crippen LogP contribution in [0.15, 0.2) is 35.2 Å². The Bertz CT molecular complexity index is 616. The molecule has 1 aromatic heterocycles. The minimum atomic E-state index is -0.316. The third-order valence-electron chi connectivity index (χ3n) is 2.53. The topological polar surface area (TPSA) is 62.3 Å². The van der Waals surface area contributed by atoms with E-state index < -0.39 is 0 Å². The van der Waals surface area contributed by atoms with Crippen molar-refractivity contribution in [2.24, 2.45) is 0 Å². The number of halogens is 1. The Kier molecular flexibility index (Phi) is 4.70. The molecule has 2 amide bonds. The molecule has 7 heteroatoms. The first kappa shape index (κ1) is 14.5. The van der Waals surface area contributed by atoms with Gasteiger partial charge in [0.2, 0.25) is 5.91 Å². The van der Waals surface area contributed by atoms with Crippen molar-refractivity contribution >= 4 is 40.4 Å². The molecule has 0 fully saturated rings. The Morgan fingerprint density at radius 2 is 2.15 bits per heavy atom. The summed E-state index contributed by atoms with van der Waals surface area (Å²) >= 11 is 7.28. The molecule has 0 radical (unpaired) electrons. The molecule has 0 atom stereocenters. The van der Waals surface area contributed by atoms with Gasteiger partial charge in [0.05, 0.1) is 22.8 Å². The lowest BCUT2D eigenvalue weighted by Crippen LogP contribution is -2.35. The van der Waals surface area contributed by atoms with Gasteiger partial charge in [-0.15, -0.1) is 11.3 Å². The first-order valence-electron chi connectivity index (χ1n) is 5.76. The third kappa shape index (κ3) is 3.55. The molecule has 1 aromatic carbocycles. The number of carbonyl (C=O) groups is 2. The predicted molar refractivity (Wildman–Crippen MR) is 79.2 cm³/mol. The number of rotatable bonds is 4. The smallest absolute Gasteiger partial charge is 0.273 e. The number of hydrogen-bond acceptors (Lipinski definition) is 4. The molecule has 20 heavy (non-hydrogen) atoms. The van der Waals surface area contributed by atoms with Crippen molar-refractivity contribution in [2.75, 3.05) is 18.9 Å². The van der Waals surface area contributed by atoms with Gasteiger partial charge in [0.25, 0.3) is 5.91 Å². The van der Waals surface area contributed by atoms with Crippen molar-refractivity contribution in [3.05, 3.63) is 45.9 Å². The number of nitrogens with one attached hydrogen (secondary N) is 1. The molecule has 2 aromatic rings. The Labute approximate surface area is 125 Å². The predicted octanol–water partition coefficient (Wildman–Crippen LogP) is 2.51. The number of likely N-dealkylation sites (N-methyl/N-ethyl adjacent to an activating group) is 1. The second-order valence-electron chi connectivity index (χ2n) is 4.06. The quantitative estimate of drug-likeness (QED) is 0.944. The average molecular weight is 310 g/mol. The van der Waals surface area contributed by atoms with Crippen LogP contribution >= 0.6 is 22.9 Å². The van der Waals surface area contributed by atoms with Crippen LogP contribution < -0.4 is 5.32 Å². The van der Waals surface area contributed by atoms with Gasteiger partial charge in [0.15, 0.2) is 0 Å². The fraction of sp³-hybridized carbons (Fsp3) is 0.154. The molecular weight excluding hydrogens is 298 g/mol. The summed E-state index contributed by atoms with van der Waals surface area (Å²) in [7, 11) is 1.55. The highest BCUT2D eigenvalue weighted by Gasteiger charge is 2.16. The maximum Gasteiger partial charge on any atom is 0.273 e. The number of nitrogens with zero attached hydrogens (tertiary/aromatic N) is 2. The van der Waals surface area contributed by atoms with Crippen LogP contribution in [0.3, 0.4) is 0 Å². The minimum absolute atomic E-state index is 0.0679. The molecule has 0 unspecified atom stereocenters. The van der Waals surface area contributed by atoms with Crippen LogP contribution in [0.5, 0.6) is 0 Å². The molecule has 5 nitrogen and oxygen atoms in total. The monoisotopic (exact) mass is 309 g/mol. The molecule has 2 rings (SSSR count). The summed E-state index contributed by atoms with van der Waals surface area (Å²) in [6.07, 6.45) is 0. The zero-order valence-corrected chi connectivity index (χ0v) is 12.2. The summed E-state index contributed by atoms with van der Waals surface area (Å²) in [6.45, 7) is -0.0679. The molecule has 104 valence electrons. The second-order valence-corrected chi connectivity index (χ2v) is 5.19. The van der Waals surface area contributed by atoms with E-state index in [-0.39, 0.29) is 18.4 Å². The molecule has 0 spiro atoms. The fourth-order valence-corrected chi connectivity index (χ4v) is 2.26. The molecule has 1 N–H and O–H groups in total. The molecule has 0 aliphatic carbocycles. The lowest BCUT2D eigenvalue weighted by molar-refractivity contribution is -0.116. The van der Waals surface area contributed by atoms with E-state index in [2.05, 4.69) is 10.3 Å². The van der Waals surface area contributed by atoms with Crippen molar-refractivity contribution in [2.45, 2.75) is 0 Å². The number of hydrogen-bond donors (Lipinski definition) is 1. The normalized spacial score (nSPS) is 10.1. The van der Waals surface area contributed by atoms with Gasteiger partial charge in [0, 0.05) is 12.4 Å². The number of anilines is 1. The van der Waals surface area contributed by atoms with Crippen molar-refractivity contribution < 1.29 is 9.59 Å². The first-order chi connectivity index (χ1) is 9.58. The highest BCUT2D eigenvalue weighted by Crippen LogP contribution is 2.20. The van der Waals surface area contributed by atoms with Crippen molar-refractivity contribution in [1.29, 1.82) is 0 Å². The Balaban J connectivity index is 1.95. The lowest BCUT2D eigenvalue weighted by Gasteiger charge is -2.15. The summed E-state index contributed by atoms with van der Waals surface area (Å²) in [4.78, 5) is 29.0. The van der Waals surface area contributed by atoms with Crippen LogP contribution in [-0.2, 0) is 4.79 Å². The summed E-state index contributed by atoms with van der Waals surface area (Å²) in [6, 6.07) is 6.92. The minimum Gasteiger partial charge on any atom is -0.331 e. The summed E-state index contributed by atoms with van der Waals surface area (Å²) < 4.78 is 0. The summed E-state index contributed by atoms with van der Waals surface area (Å²) in [5.74, 6) is -0.607. The lowest BCUT2D eigenvalue weighted by atomic mass is 10.3. The zero-order chi connectivity index (χ0) is 14.5. The summed E-state index contributed by atoms with van der Waals surface area (Å²) in [5.41, 5.74) is 2.43. The van der Waals surface area contributed by atoms with Gasteiger partial charge in [-0.2, -0.15) is 0 Å². The van der Waals surface area contributed by atoms with E-state index in [9.17, 15) is 9.59 Å². The highest BCUT2D eigenvalue weighted by molar-refractivity contribution is 7.07. The fourth-order valence-electron chi connectivity index (χ4n) is 1.55. The second kappa shape index (κ2) is 6.49. The maximum atomic E-state index is 11.9. The molecule has 0 aliphatic rings. The van der Waals surface area contributed by atoms with Gasteiger partial charge in [-0.05, 0) is 12.1 Å². The molecule has 0 aliphatic heterocycles. The van der Waals surface area contributed by atoms with Crippen LogP contribution in [0.2, 0.25) is 5.02 Å². The first-order valence-corrected chi connectivity index (χ1v) is 7.08.